The van der Waals surface area contributed by atoms with Gasteiger partial charge in [0.25, 0.3) is 0 Å². The summed E-state index contributed by atoms with van der Waals surface area (Å²) in [5.74, 6) is 2.39. The molecule has 0 unspecified atom stereocenters. The van der Waals surface area contributed by atoms with Crippen LogP contribution in [0.3, 0.4) is 0 Å². The summed E-state index contributed by atoms with van der Waals surface area (Å²) < 4.78 is 1.98. The van der Waals surface area contributed by atoms with E-state index in [9.17, 15) is 4.79 Å². The van der Waals surface area contributed by atoms with Crippen molar-refractivity contribution in [3.63, 3.8) is 0 Å². The van der Waals surface area contributed by atoms with Crippen LogP contribution in [-0.4, -0.2) is 26.4 Å². The van der Waals surface area contributed by atoms with Crippen molar-refractivity contribution in [2.45, 2.75) is 23.2 Å². The maximum atomic E-state index is 12.2. The number of allylic oxidation sites excluding steroid dienone is 1. The average Bonchev–Trinajstić information content (AvgIpc) is 3.11. The maximum Gasteiger partial charge on any atom is 0.234 e. The summed E-state index contributed by atoms with van der Waals surface area (Å²) in [4.78, 5) is 12.2. The Balaban J connectivity index is 1.57. The Morgan fingerprint density at radius 1 is 1.13 bits per heavy atom. The van der Waals surface area contributed by atoms with Gasteiger partial charge >= 0.3 is 0 Å². The van der Waals surface area contributed by atoms with Crippen LogP contribution in [0.5, 0.6) is 0 Å². The second kappa shape index (κ2) is 11.5. The van der Waals surface area contributed by atoms with E-state index in [-0.39, 0.29) is 11.7 Å². The second-order valence-corrected chi connectivity index (χ2v) is 9.00. The van der Waals surface area contributed by atoms with Crippen LogP contribution in [0.4, 0.5) is 5.69 Å². The summed E-state index contributed by atoms with van der Waals surface area (Å²) >= 11 is 15.2. The lowest BCUT2D eigenvalue weighted by atomic mass is 10.2. The minimum atomic E-state index is -0.0901. The van der Waals surface area contributed by atoms with Gasteiger partial charge in [-0.2, -0.15) is 0 Å². The number of halogens is 2. The molecule has 0 fully saturated rings. The fourth-order valence-electron chi connectivity index (χ4n) is 2.58. The van der Waals surface area contributed by atoms with Gasteiger partial charge in [0, 0.05) is 28.0 Å². The van der Waals surface area contributed by atoms with Gasteiger partial charge in [-0.25, -0.2) is 0 Å². The van der Waals surface area contributed by atoms with Crippen molar-refractivity contribution in [1.29, 1.82) is 0 Å². The van der Waals surface area contributed by atoms with Crippen LogP contribution in [-0.2, 0) is 22.8 Å². The van der Waals surface area contributed by atoms with E-state index in [0.29, 0.717) is 27.5 Å². The molecule has 9 heteroatoms. The largest absolute Gasteiger partial charge is 0.325 e. The summed E-state index contributed by atoms with van der Waals surface area (Å²) in [5.41, 5.74) is 1.79. The summed E-state index contributed by atoms with van der Waals surface area (Å²) in [6.07, 6.45) is 1.79. The fourth-order valence-corrected chi connectivity index (χ4v) is 4.88. The van der Waals surface area contributed by atoms with Gasteiger partial charge in [0.05, 0.1) is 11.5 Å². The third-order valence-electron chi connectivity index (χ3n) is 4.00. The van der Waals surface area contributed by atoms with Gasteiger partial charge in [-0.3, -0.25) is 4.79 Å². The first kappa shape index (κ1) is 22.7. The van der Waals surface area contributed by atoms with Gasteiger partial charge in [-0.1, -0.05) is 65.3 Å². The van der Waals surface area contributed by atoms with Crippen LogP contribution < -0.4 is 5.32 Å². The molecule has 1 N–H and O–H groups in total. The standard InChI is InChI=1S/C21H20Cl2N4OS2/c1-2-10-27-19(13-29-12-15-8-9-16(22)11-18(15)23)25-26-21(27)30-14-20(28)24-17-6-4-3-5-7-17/h2-9,11H,1,10,12-14H2,(H,24,28). The van der Waals surface area contributed by atoms with Gasteiger partial charge in [-0.15, -0.1) is 28.5 Å². The quantitative estimate of drug-likeness (QED) is 0.288. The average molecular weight is 479 g/mol. The van der Waals surface area contributed by atoms with E-state index in [4.69, 9.17) is 23.2 Å². The van der Waals surface area contributed by atoms with Crippen molar-refractivity contribution in [3.05, 3.63) is 82.6 Å². The predicted octanol–water partition coefficient (Wildman–Crippen LogP) is 5.94. The number of amides is 1. The molecule has 2 aromatic carbocycles. The SMILES string of the molecule is C=CCn1c(CSCc2ccc(Cl)cc2Cl)nnc1SCC(=O)Nc1ccccc1. The predicted molar refractivity (Wildman–Crippen MR) is 127 cm³/mol. The van der Waals surface area contributed by atoms with Gasteiger partial charge in [-0.05, 0) is 29.8 Å². The van der Waals surface area contributed by atoms with E-state index in [0.717, 1.165) is 22.8 Å². The molecule has 0 spiro atoms. The minimum absolute atomic E-state index is 0.0901. The lowest BCUT2D eigenvalue weighted by molar-refractivity contribution is -0.113. The van der Waals surface area contributed by atoms with Gasteiger partial charge in [0.15, 0.2) is 5.16 Å². The molecule has 0 aliphatic heterocycles. The molecule has 0 radical (unpaired) electrons. The number of benzene rings is 2. The number of carbonyl (C=O) groups excluding carboxylic acids is 1. The van der Waals surface area contributed by atoms with Crippen molar-refractivity contribution in [2.75, 3.05) is 11.1 Å². The van der Waals surface area contributed by atoms with Crippen LogP contribution in [0.25, 0.3) is 0 Å². The number of para-hydroxylation sites is 1. The molecule has 5 nitrogen and oxygen atoms in total. The monoisotopic (exact) mass is 478 g/mol. The number of nitrogens with zero attached hydrogens (tertiary/aromatic N) is 3. The summed E-state index contributed by atoms with van der Waals surface area (Å²) in [5, 5.41) is 13.4. The first-order valence-electron chi connectivity index (χ1n) is 9.09. The van der Waals surface area contributed by atoms with E-state index >= 15 is 0 Å². The lowest BCUT2D eigenvalue weighted by Gasteiger charge is -2.09. The number of rotatable bonds is 10. The van der Waals surface area contributed by atoms with Gasteiger partial charge in [0.2, 0.25) is 5.91 Å². The third kappa shape index (κ3) is 6.54. The number of nitrogens with one attached hydrogen (secondary N) is 1. The Morgan fingerprint density at radius 2 is 1.93 bits per heavy atom. The molecule has 0 aliphatic carbocycles. The molecule has 156 valence electrons. The highest BCUT2D eigenvalue weighted by molar-refractivity contribution is 7.99. The van der Waals surface area contributed by atoms with Gasteiger partial charge < -0.3 is 9.88 Å². The molecular weight excluding hydrogens is 459 g/mol. The number of carbonyl (C=O) groups is 1. The minimum Gasteiger partial charge on any atom is -0.325 e. The van der Waals surface area contributed by atoms with E-state index in [1.807, 2.05) is 47.0 Å². The Morgan fingerprint density at radius 3 is 2.67 bits per heavy atom. The number of hydrogen-bond acceptors (Lipinski definition) is 5. The third-order valence-corrected chi connectivity index (χ3v) is 6.53. The van der Waals surface area contributed by atoms with Crippen LogP contribution in [0.15, 0.2) is 66.3 Å². The Hall–Kier alpha value is -1.93. The number of thioether (sulfide) groups is 2. The van der Waals surface area contributed by atoms with Crippen LogP contribution >= 0.6 is 46.7 Å². The van der Waals surface area contributed by atoms with Crippen molar-refractivity contribution < 1.29 is 4.79 Å². The summed E-state index contributed by atoms with van der Waals surface area (Å²) in [6, 6.07) is 14.9. The zero-order chi connectivity index (χ0) is 21.3. The molecule has 3 aromatic rings. The molecule has 3 rings (SSSR count). The molecule has 0 aliphatic rings. The first-order chi connectivity index (χ1) is 14.6. The highest BCUT2D eigenvalue weighted by Gasteiger charge is 2.14. The van der Waals surface area contributed by atoms with E-state index in [1.54, 1.807) is 23.9 Å². The smallest absolute Gasteiger partial charge is 0.234 e. The number of aromatic nitrogens is 3. The van der Waals surface area contributed by atoms with E-state index in [2.05, 4.69) is 22.1 Å². The molecule has 0 atom stereocenters. The summed E-state index contributed by atoms with van der Waals surface area (Å²) in [7, 11) is 0. The van der Waals surface area contributed by atoms with Crippen LogP contribution in [0.2, 0.25) is 10.0 Å². The zero-order valence-electron chi connectivity index (χ0n) is 16.1. The number of hydrogen-bond donors (Lipinski definition) is 1. The zero-order valence-corrected chi connectivity index (χ0v) is 19.2. The Bertz CT molecular complexity index is 1010. The van der Waals surface area contributed by atoms with Crippen molar-refractivity contribution in [1.82, 2.24) is 14.8 Å². The van der Waals surface area contributed by atoms with Crippen molar-refractivity contribution in [2.24, 2.45) is 0 Å². The molecular formula is C21H20Cl2N4OS2. The van der Waals surface area contributed by atoms with Crippen molar-refractivity contribution in [3.8, 4) is 0 Å². The van der Waals surface area contributed by atoms with E-state index in [1.165, 1.54) is 11.8 Å². The van der Waals surface area contributed by atoms with E-state index < -0.39 is 0 Å². The Kier molecular flexibility index (Phi) is 8.69. The molecule has 30 heavy (non-hydrogen) atoms. The highest BCUT2D eigenvalue weighted by Crippen LogP contribution is 2.27. The lowest BCUT2D eigenvalue weighted by Crippen LogP contribution is -2.14. The van der Waals surface area contributed by atoms with Crippen LogP contribution in [0.1, 0.15) is 11.4 Å². The topological polar surface area (TPSA) is 59.8 Å². The summed E-state index contributed by atoms with van der Waals surface area (Å²) in [6.45, 7) is 4.39. The van der Waals surface area contributed by atoms with Crippen molar-refractivity contribution >= 4 is 58.3 Å². The highest BCUT2D eigenvalue weighted by atomic mass is 35.5. The molecule has 1 amide bonds. The fraction of sp³-hybridized carbons (Fsp3) is 0.190. The molecule has 0 bridgehead atoms. The maximum absolute atomic E-state index is 12.2. The molecule has 1 heterocycles. The second-order valence-electron chi connectivity index (χ2n) is 6.23. The Labute approximate surface area is 194 Å². The first-order valence-corrected chi connectivity index (χ1v) is 12.0. The van der Waals surface area contributed by atoms with Gasteiger partial charge in [0.1, 0.15) is 5.82 Å². The number of anilines is 1. The molecule has 0 saturated carbocycles. The normalized spacial score (nSPS) is 10.7. The molecule has 1 aromatic heterocycles. The van der Waals surface area contributed by atoms with Crippen LogP contribution in [0, 0.1) is 0 Å². The molecule has 0 saturated heterocycles.